The fourth-order valence-electron chi connectivity index (χ4n) is 3.61. The van der Waals surface area contributed by atoms with Gasteiger partial charge in [-0.15, -0.1) is 0 Å². The summed E-state index contributed by atoms with van der Waals surface area (Å²) in [7, 11) is -3.76. The van der Waals surface area contributed by atoms with Crippen LogP contribution in [-0.4, -0.2) is 50.5 Å². The maximum atomic E-state index is 13.6. The van der Waals surface area contributed by atoms with E-state index in [4.69, 9.17) is 0 Å². The van der Waals surface area contributed by atoms with Gasteiger partial charge in [-0.3, -0.25) is 13.9 Å². The Balaban J connectivity index is 2.38. The van der Waals surface area contributed by atoms with Crippen LogP contribution in [0.3, 0.4) is 0 Å². The molecular weight excluding hydrogens is 542 g/mol. The van der Waals surface area contributed by atoms with E-state index in [1.807, 2.05) is 50.2 Å². The van der Waals surface area contributed by atoms with Gasteiger partial charge in [0.05, 0.1) is 11.9 Å². The Morgan fingerprint density at radius 2 is 1.64 bits per heavy atom. The fraction of sp³-hybridized carbons (Fsp3) is 0.481. The summed E-state index contributed by atoms with van der Waals surface area (Å²) in [5.41, 5.74) is 2.18. The molecule has 0 bridgehead atoms. The topological polar surface area (TPSA) is 86.8 Å². The maximum Gasteiger partial charge on any atom is 0.244 e. The molecule has 0 aliphatic rings. The lowest BCUT2D eigenvalue weighted by atomic mass is 9.87. The summed E-state index contributed by atoms with van der Waals surface area (Å²) in [4.78, 5) is 27.9. The Hall–Kier alpha value is -2.39. The van der Waals surface area contributed by atoms with E-state index < -0.39 is 28.5 Å². The Morgan fingerprint density at radius 3 is 2.14 bits per heavy atom. The number of sulfonamides is 1. The van der Waals surface area contributed by atoms with Gasteiger partial charge in [0.25, 0.3) is 0 Å². The first-order valence-electron chi connectivity index (χ1n) is 12.0. The normalized spacial score (nSPS) is 12.8. The average Bonchev–Trinajstić information content (AvgIpc) is 2.77. The molecular formula is C27H38BrN3O4S. The smallest absolute Gasteiger partial charge is 0.244 e. The number of rotatable bonds is 10. The SMILES string of the molecule is CC(C)CNC(=O)[C@H](C)N(Cc1cccc(Br)c1)C(=O)CN(c1ccc(C(C)(C)C)cc1)S(C)(=O)=O. The molecule has 1 N–H and O–H groups in total. The summed E-state index contributed by atoms with van der Waals surface area (Å²) >= 11 is 3.44. The van der Waals surface area contributed by atoms with Crippen molar-refractivity contribution < 1.29 is 18.0 Å². The molecule has 2 rings (SSSR count). The third-order valence-electron chi connectivity index (χ3n) is 5.79. The van der Waals surface area contributed by atoms with Crippen molar-refractivity contribution in [2.45, 2.75) is 59.5 Å². The van der Waals surface area contributed by atoms with Gasteiger partial charge in [0, 0.05) is 17.6 Å². The summed E-state index contributed by atoms with van der Waals surface area (Å²) in [6, 6.07) is 13.9. The van der Waals surface area contributed by atoms with Crippen LogP contribution in [0.25, 0.3) is 0 Å². The van der Waals surface area contributed by atoms with E-state index in [1.54, 1.807) is 19.1 Å². The second-order valence-electron chi connectivity index (χ2n) is 10.5. The van der Waals surface area contributed by atoms with Gasteiger partial charge in [-0.2, -0.15) is 0 Å². The molecule has 36 heavy (non-hydrogen) atoms. The van der Waals surface area contributed by atoms with E-state index in [0.29, 0.717) is 12.2 Å². The number of carbonyl (C=O) groups is 2. The Morgan fingerprint density at radius 1 is 1.03 bits per heavy atom. The number of benzene rings is 2. The fourth-order valence-corrected chi connectivity index (χ4v) is 4.90. The van der Waals surface area contributed by atoms with Crippen molar-refractivity contribution in [3.63, 3.8) is 0 Å². The average molecular weight is 581 g/mol. The summed E-state index contributed by atoms with van der Waals surface area (Å²) in [5.74, 6) is -0.493. The second kappa shape index (κ2) is 12.2. The minimum absolute atomic E-state index is 0.0934. The number of carbonyl (C=O) groups excluding carboxylic acids is 2. The number of halogens is 1. The number of amides is 2. The van der Waals surface area contributed by atoms with Gasteiger partial charge < -0.3 is 10.2 Å². The quantitative estimate of drug-likeness (QED) is 0.442. The molecule has 198 valence electrons. The summed E-state index contributed by atoms with van der Waals surface area (Å²) in [6.07, 6.45) is 1.08. The molecule has 2 amide bonds. The number of nitrogens with zero attached hydrogens (tertiary/aromatic N) is 2. The zero-order valence-corrected chi connectivity index (χ0v) is 24.6. The lowest BCUT2D eigenvalue weighted by Gasteiger charge is -2.32. The third-order valence-corrected chi connectivity index (χ3v) is 7.43. The minimum atomic E-state index is -3.76. The molecule has 0 heterocycles. The van der Waals surface area contributed by atoms with Crippen LogP contribution in [-0.2, 0) is 31.6 Å². The lowest BCUT2D eigenvalue weighted by Crippen LogP contribution is -2.51. The predicted octanol–water partition coefficient (Wildman–Crippen LogP) is 4.70. The van der Waals surface area contributed by atoms with Crippen molar-refractivity contribution in [3.8, 4) is 0 Å². The molecule has 0 saturated carbocycles. The zero-order chi connectivity index (χ0) is 27.3. The van der Waals surface area contributed by atoms with Crippen LogP contribution in [0, 0.1) is 5.92 Å². The van der Waals surface area contributed by atoms with E-state index in [2.05, 4.69) is 42.0 Å². The van der Waals surface area contributed by atoms with Crippen molar-refractivity contribution >= 4 is 43.5 Å². The van der Waals surface area contributed by atoms with Crippen LogP contribution in [0.15, 0.2) is 53.0 Å². The third kappa shape index (κ3) is 8.62. The molecule has 0 unspecified atom stereocenters. The van der Waals surface area contributed by atoms with Crippen LogP contribution in [0.4, 0.5) is 5.69 Å². The first-order chi connectivity index (χ1) is 16.6. The van der Waals surface area contributed by atoms with Crippen LogP contribution >= 0.6 is 15.9 Å². The molecule has 2 aromatic carbocycles. The summed E-state index contributed by atoms with van der Waals surface area (Å²) in [6.45, 7) is 12.1. The highest BCUT2D eigenvalue weighted by atomic mass is 79.9. The van der Waals surface area contributed by atoms with Crippen molar-refractivity contribution in [2.24, 2.45) is 5.92 Å². The molecule has 0 fully saturated rings. The van der Waals surface area contributed by atoms with Crippen LogP contribution in [0.2, 0.25) is 0 Å². The Kier molecular flexibility index (Phi) is 10.1. The predicted molar refractivity (Wildman–Crippen MR) is 149 cm³/mol. The highest BCUT2D eigenvalue weighted by Crippen LogP contribution is 2.26. The zero-order valence-electron chi connectivity index (χ0n) is 22.2. The minimum Gasteiger partial charge on any atom is -0.354 e. The van der Waals surface area contributed by atoms with E-state index in [0.717, 1.165) is 26.2 Å². The summed E-state index contributed by atoms with van der Waals surface area (Å²) < 4.78 is 27.4. The van der Waals surface area contributed by atoms with Crippen LogP contribution in [0.5, 0.6) is 0 Å². The van der Waals surface area contributed by atoms with Gasteiger partial charge in [-0.25, -0.2) is 8.42 Å². The highest BCUT2D eigenvalue weighted by Gasteiger charge is 2.30. The highest BCUT2D eigenvalue weighted by molar-refractivity contribution is 9.10. The van der Waals surface area contributed by atoms with Gasteiger partial charge in [0.1, 0.15) is 12.6 Å². The number of hydrogen-bond donors (Lipinski definition) is 1. The second-order valence-corrected chi connectivity index (χ2v) is 13.4. The van der Waals surface area contributed by atoms with Crippen molar-refractivity contribution in [1.29, 1.82) is 0 Å². The van der Waals surface area contributed by atoms with Crippen molar-refractivity contribution in [2.75, 3.05) is 23.7 Å². The molecule has 7 nitrogen and oxygen atoms in total. The maximum absolute atomic E-state index is 13.6. The lowest BCUT2D eigenvalue weighted by molar-refractivity contribution is -0.139. The van der Waals surface area contributed by atoms with E-state index in [-0.39, 0.29) is 23.8 Å². The van der Waals surface area contributed by atoms with Crippen molar-refractivity contribution in [3.05, 3.63) is 64.1 Å². The van der Waals surface area contributed by atoms with Crippen molar-refractivity contribution in [1.82, 2.24) is 10.2 Å². The van der Waals surface area contributed by atoms with Crippen LogP contribution in [0.1, 0.15) is 52.7 Å². The van der Waals surface area contributed by atoms with Gasteiger partial charge >= 0.3 is 0 Å². The monoisotopic (exact) mass is 579 g/mol. The van der Waals surface area contributed by atoms with Gasteiger partial charge in [-0.05, 0) is 53.6 Å². The molecule has 9 heteroatoms. The van der Waals surface area contributed by atoms with E-state index in [1.165, 1.54) is 4.90 Å². The summed E-state index contributed by atoms with van der Waals surface area (Å²) in [5, 5.41) is 2.88. The van der Waals surface area contributed by atoms with Gasteiger partial charge in [0.15, 0.2) is 0 Å². The standard InChI is InChI=1S/C27H38BrN3O4S/c1-19(2)16-29-26(33)20(3)30(17-21-9-8-10-23(28)15-21)25(32)18-31(36(7,34)35)24-13-11-22(12-14-24)27(4,5)6/h8-15,19-20H,16-18H2,1-7H3,(H,29,33)/t20-/m0/s1. The first kappa shape index (κ1) is 29.8. The number of nitrogens with one attached hydrogen (secondary N) is 1. The molecule has 0 radical (unpaired) electrons. The molecule has 1 atom stereocenters. The molecule has 0 aliphatic carbocycles. The number of hydrogen-bond acceptors (Lipinski definition) is 4. The first-order valence-corrected chi connectivity index (χ1v) is 14.6. The molecule has 2 aromatic rings. The van der Waals surface area contributed by atoms with Gasteiger partial charge in [0.2, 0.25) is 21.8 Å². The molecule has 0 aromatic heterocycles. The van der Waals surface area contributed by atoms with E-state index in [9.17, 15) is 18.0 Å². The number of anilines is 1. The molecule has 0 spiro atoms. The van der Waals surface area contributed by atoms with Crippen LogP contribution < -0.4 is 9.62 Å². The largest absolute Gasteiger partial charge is 0.354 e. The Bertz CT molecular complexity index is 1160. The van der Waals surface area contributed by atoms with E-state index >= 15 is 0 Å². The molecule has 0 saturated heterocycles. The molecule has 0 aliphatic heterocycles. The van der Waals surface area contributed by atoms with Gasteiger partial charge in [-0.1, -0.05) is 74.8 Å². The Labute approximate surface area is 224 Å².